The predicted octanol–water partition coefficient (Wildman–Crippen LogP) is 2.29. The largest absolute Gasteiger partial charge is 0.466 e. The smallest absolute Gasteiger partial charge is 0.312 e. The molecule has 1 N–H and O–H groups in total. The first-order valence-corrected chi connectivity index (χ1v) is 12.6. The van der Waals surface area contributed by atoms with E-state index >= 15 is 0 Å². The van der Waals surface area contributed by atoms with Gasteiger partial charge in [0, 0.05) is 26.2 Å². The SMILES string of the molecule is C=CCN(CCCCC)C(=O)C1N(CCCCCO)C(=O)[C@@H]2[C@@H](C(=O)OCC)[C@H]3CCC12O3. The van der Waals surface area contributed by atoms with Crippen molar-refractivity contribution in [3.05, 3.63) is 12.7 Å². The molecular weight excluding hydrogens is 424 g/mol. The summed E-state index contributed by atoms with van der Waals surface area (Å²) >= 11 is 0. The van der Waals surface area contributed by atoms with Gasteiger partial charge in [-0.3, -0.25) is 14.4 Å². The molecule has 8 heteroatoms. The molecule has 0 aromatic heterocycles. The molecule has 3 heterocycles. The van der Waals surface area contributed by atoms with Crippen molar-refractivity contribution in [1.29, 1.82) is 0 Å². The fraction of sp³-hybridized carbons (Fsp3) is 0.800. The van der Waals surface area contributed by atoms with Crippen LogP contribution >= 0.6 is 0 Å². The number of carbonyl (C=O) groups excluding carboxylic acids is 3. The Hall–Kier alpha value is -1.93. The van der Waals surface area contributed by atoms with Gasteiger partial charge in [-0.15, -0.1) is 6.58 Å². The second-order valence-electron chi connectivity index (χ2n) is 9.40. The first-order valence-electron chi connectivity index (χ1n) is 12.6. The van der Waals surface area contributed by atoms with E-state index in [2.05, 4.69) is 13.5 Å². The van der Waals surface area contributed by atoms with Crippen LogP contribution in [0.2, 0.25) is 0 Å². The van der Waals surface area contributed by atoms with Crippen LogP contribution in [0.1, 0.15) is 65.2 Å². The van der Waals surface area contributed by atoms with Crippen LogP contribution in [0.4, 0.5) is 0 Å². The van der Waals surface area contributed by atoms with Crippen molar-refractivity contribution in [2.75, 3.05) is 32.8 Å². The minimum atomic E-state index is -0.975. The van der Waals surface area contributed by atoms with Gasteiger partial charge in [0.15, 0.2) is 0 Å². The van der Waals surface area contributed by atoms with E-state index in [4.69, 9.17) is 14.6 Å². The topological polar surface area (TPSA) is 96.4 Å². The predicted molar refractivity (Wildman–Crippen MR) is 123 cm³/mol. The summed E-state index contributed by atoms with van der Waals surface area (Å²) in [5, 5.41) is 9.13. The van der Waals surface area contributed by atoms with Gasteiger partial charge in [0.2, 0.25) is 11.8 Å². The summed E-state index contributed by atoms with van der Waals surface area (Å²) in [6.07, 6.45) is 7.63. The Labute approximate surface area is 197 Å². The van der Waals surface area contributed by atoms with Crippen molar-refractivity contribution in [1.82, 2.24) is 9.80 Å². The van der Waals surface area contributed by atoms with E-state index in [1.807, 2.05) is 0 Å². The van der Waals surface area contributed by atoms with Gasteiger partial charge in [0.25, 0.3) is 0 Å². The fourth-order valence-electron chi connectivity index (χ4n) is 5.92. The van der Waals surface area contributed by atoms with Crippen molar-refractivity contribution >= 4 is 17.8 Å². The summed E-state index contributed by atoms with van der Waals surface area (Å²) in [7, 11) is 0. The molecule has 8 nitrogen and oxygen atoms in total. The van der Waals surface area contributed by atoms with Crippen LogP contribution in [-0.2, 0) is 23.9 Å². The number of nitrogens with zero attached hydrogens (tertiary/aromatic N) is 2. The molecule has 3 aliphatic heterocycles. The molecule has 2 unspecified atom stereocenters. The summed E-state index contributed by atoms with van der Waals surface area (Å²) < 4.78 is 11.7. The minimum absolute atomic E-state index is 0.100. The lowest BCUT2D eigenvalue weighted by molar-refractivity contribution is -0.155. The maximum absolute atomic E-state index is 14.0. The monoisotopic (exact) mass is 464 g/mol. The lowest BCUT2D eigenvalue weighted by atomic mass is 9.70. The summed E-state index contributed by atoms with van der Waals surface area (Å²) in [6, 6.07) is -0.741. The van der Waals surface area contributed by atoms with Crippen molar-refractivity contribution in [2.24, 2.45) is 11.8 Å². The third-order valence-electron chi connectivity index (χ3n) is 7.34. The Balaban J connectivity index is 1.91. The third-order valence-corrected chi connectivity index (χ3v) is 7.34. The van der Waals surface area contributed by atoms with Gasteiger partial charge < -0.3 is 24.4 Å². The molecule has 0 radical (unpaired) electrons. The van der Waals surface area contributed by atoms with Crippen LogP contribution in [0.15, 0.2) is 12.7 Å². The van der Waals surface area contributed by atoms with E-state index in [0.717, 1.165) is 25.7 Å². The van der Waals surface area contributed by atoms with Crippen molar-refractivity contribution in [3.63, 3.8) is 0 Å². The van der Waals surface area contributed by atoms with E-state index in [9.17, 15) is 14.4 Å². The first kappa shape index (κ1) is 25.7. The number of likely N-dealkylation sites (tertiary alicyclic amines) is 1. The average Bonchev–Trinajstić information content (AvgIpc) is 3.43. The molecule has 3 saturated heterocycles. The highest BCUT2D eigenvalue weighted by Crippen LogP contribution is 2.58. The van der Waals surface area contributed by atoms with Gasteiger partial charge in [-0.05, 0) is 45.4 Å². The quantitative estimate of drug-likeness (QED) is 0.241. The number of unbranched alkanes of at least 4 members (excludes halogenated alkanes) is 4. The number of hydrogen-bond donors (Lipinski definition) is 1. The second-order valence-corrected chi connectivity index (χ2v) is 9.40. The Bertz CT molecular complexity index is 728. The van der Waals surface area contributed by atoms with Crippen molar-refractivity contribution in [3.8, 4) is 0 Å². The van der Waals surface area contributed by atoms with Gasteiger partial charge in [0.1, 0.15) is 11.6 Å². The number of carbonyl (C=O) groups is 3. The number of esters is 1. The summed E-state index contributed by atoms with van der Waals surface area (Å²) in [4.78, 5) is 43.9. The lowest BCUT2D eigenvalue weighted by Crippen LogP contribution is -2.56. The highest BCUT2D eigenvalue weighted by molar-refractivity contribution is 5.98. The molecule has 0 aliphatic carbocycles. The molecule has 3 aliphatic rings. The van der Waals surface area contributed by atoms with Crippen LogP contribution in [0.5, 0.6) is 0 Å². The Morgan fingerprint density at radius 2 is 2.06 bits per heavy atom. The molecule has 5 atom stereocenters. The number of hydrogen-bond acceptors (Lipinski definition) is 6. The molecule has 186 valence electrons. The number of aliphatic hydroxyl groups excluding tert-OH is 1. The minimum Gasteiger partial charge on any atom is -0.466 e. The molecular formula is C25H40N2O6. The number of fused-ring (bicyclic) bond motifs is 1. The van der Waals surface area contributed by atoms with Gasteiger partial charge in [-0.1, -0.05) is 25.8 Å². The van der Waals surface area contributed by atoms with Crippen LogP contribution in [0.25, 0.3) is 0 Å². The number of ether oxygens (including phenoxy) is 2. The molecule has 33 heavy (non-hydrogen) atoms. The normalized spacial score (nSPS) is 29.9. The maximum Gasteiger partial charge on any atom is 0.312 e. The number of aliphatic hydroxyl groups is 1. The summed E-state index contributed by atoms with van der Waals surface area (Å²) in [5.74, 6) is -2.03. The molecule has 1 spiro atoms. The zero-order valence-electron chi connectivity index (χ0n) is 20.2. The van der Waals surface area contributed by atoms with Crippen molar-refractivity contribution < 1.29 is 29.0 Å². The van der Waals surface area contributed by atoms with Gasteiger partial charge >= 0.3 is 5.97 Å². The summed E-state index contributed by atoms with van der Waals surface area (Å²) in [5.41, 5.74) is -0.975. The summed E-state index contributed by atoms with van der Waals surface area (Å²) in [6.45, 7) is 9.46. The number of rotatable bonds is 14. The first-order chi connectivity index (χ1) is 16.0. The average molecular weight is 465 g/mol. The molecule has 0 aromatic rings. The zero-order valence-corrected chi connectivity index (χ0v) is 20.2. The Kier molecular flexibility index (Phi) is 8.93. The molecule has 3 rings (SSSR count). The van der Waals surface area contributed by atoms with Crippen LogP contribution in [-0.4, -0.2) is 83.3 Å². The molecule has 2 amide bonds. The van der Waals surface area contributed by atoms with Crippen molar-refractivity contribution in [2.45, 2.75) is 83.0 Å². The van der Waals surface area contributed by atoms with E-state index in [0.29, 0.717) is 45.3 Å². The Morgan fingerprint density at radius 3 is 2.73 bits per heavy atom. The molecule has 0 aromatic carbocycles. The molecule has 0 saturated carbocycles. The third kappa shape index (κ3) is 4.83. The van der Waals surface area contributed by atoms with Crippen LogP contribution in [0.3, 0.4) is 0 Å². The second kappa shape index (κ2) is 11.5. The highest BCUT2D eigenvalue weighted by atomic mass is 16.6. The van der Waals surface area contributed by atoms with E-state index in [1.165, 1.54) is 0 Å². The standard InChI is InChI=1S/C25H40N2O6/c1-4-7-9-15-26(14-5-2)23(30)21-25-13-12-18(33-25)19(24(31)32-6-3)20(25)22(29)27(21)16-10-8-11-17-28/h5,18-21,28H,2,4,6-17H2,1,3H3/t18-,19+,20+,21?,25?/m1/s1. The van der Waals surface area contributed by atoms with E-state index < -0.39 is 29.4 Å². The van der Waals surface area contributed by atoms with Crippen LogP contribution < -0.4 is 0 Å². The molecule has 3 fully saturated rings. The van der Waals surface area contributed by atoms with Gasteiger partial charge in [-0.2, -0.15) is 0 Å². The lowest BCUT2D eigenvalue weighted by Gasteiger charge is -2.36. The Morgan fingerprint density at radius 1 is 1.27 bits per heavy atom. The van der Waals surface area contributed by atoms with E-state index in [-0.39, 0.29) is 31.1 Å². The highest BCUT2D eigenvalue weighted by Gasteiger charge is 2.74. The zero-order chi connectivity index (χ0) is 24.0. The van der Waals surface area contributed by atoms with Gasteiger partial charge in [0.05, 0.1) is 24.5 Å². The maximum atomic E-state index is 14.0. The number of amides is 2. The molecule has 2 bridgehead atoms. The van der Waals surface area contributed by atoms with E-state index in [1.54, 1.807) is 22.8 Å². The fourth-order valence-corrected chi connectivity index (χ4v) is 5.92. The van der Waals surface area contributed by atoms with Crippen LogP contribution in [0, 0.1) is 11.8 Å². The van der Waals surface area contributed by atoms with Gasteiger partial charge in [-0.25, -0.2) is 0 Å².